The number of hydrogen-bond acceptors (Lipinski definition) is 4. The van der Waals surface area contributed by atoms with Crippen LogP contribution in [0.15, 0.2) is 17.3 Å². The van der Waals surface area contributed by atoms with Crippen molar-refractivity contribution in [1.82, 2.24) is 14.5 Å². The molecule has 1 aromatic rings. The zero-order valence-electron chi connectivity index (χ0n) is 8.01. The third-order valence-corrected chi connectivity index (χ3v) is 4.25. The van der Waals surface area contributed by atoms with Gasteiger partial charge >= 0.3 is 0 Å². The van der Waals surface area contributed by atoms with E-state index in [9.17, 15) is 13.2 Å². The van der Waals surface area contributed by atoms with Gasteiger partial charge in [-0.2, -0.15) is 9.40 Å². The molecule has 1 aliphatic heterocycles. The maximum Gasteiger partial charge on any atom is 0.246 e. The molecule has 0 atom stereocenters. The van der Waals surface area contributed by atoms with Crippen molar-refractivity contribution in [2.75, 3.05) is 13.1 Å². The zero-order chi connectivity index (χ0) is 10.9. The summed E-state index contributed by atoms with van der Waals surface area (Å²) >= 11 is 0. The molecule has 6 nitrogen and oxygen atoms in total. The Morgan fingerprint density at radius 2 is 2.00 bits per heavy atom. The molecule has 2 heterocycles. The van der Waals surface area contributed by atoms with Crippen molar-refractivity contribution < 1.29 is 13.2 Å². The molecule has 0 radical (unpaired) electrons. The highest BCUT2D eigenvalue weighted by Gasteiger charge is 2.28. The van der Waals surface area contributed by atoms with Crippen molar-refractivity contribution in [3.05, 3.63) is 12.4 Å². The molecule has 82 valence electrons. The molecule has 0 amide bonds. The van der Waals surface area contributed by atoms with Gasteiger partial charge < -0.3 is 0 Å². The minimum atomic E-state index is -3.45. The monoisotopic (exact) mass is 229 g/mol. The molecule has 1 aliphatic rings. The minimum Gasteiger partial charge on any atom is -0.300 e. The number of rotatable bonds is 2. The van der Waals surface area contributed by atoms with Crippen LogP contribution < -0.4 is 0 Å². The second-order valence-electron chi connectivity index (χ2n) is 3.38. The van der Waals surface area contributed by atoms with E-state index in [1.807, 2.05) is 0 Å². The number of Topliss-reactive ketones (excluding diaryl/α,β-unsaturated/α-hetero) is 1. The molecular weight excluding hydrogens is 218 g/mol. The van der Waals surface area contributed by atoms with Crippen LogP contribution in [0.25, 0.3) is 0 Å². The molecule has 1 saturated heterocycles. The molecule has 2 rings (SSSR count). The highest BCUT2D eigenvalue weighted by atomic mass is 32.2. The average Bonchev–Trinajstić information content (AvgIpc) is 2.71. The van der Waals surface area contributed by atoms with Gasteiger partial charge in [0.1, 0.15) is 10.7 Å². The molecular formula is C8H11N3O3S. The predicted octanol–water partition coefficient (Wildman–Crippen LogP) is -0.237. The Morgan fingerprint density at radius 3 is 2.53 bits per heavy atom. The van der Waals surface area contributed by atoms with E-state index in [4.69, 9.17) is 0 Å². The summed E-state index contributed by atoms with van der Waals surface area (Å²) in [6.45, 7) is 0.540. The molecule has 1 N–H and O–H groups in total. The van der Waals surface area contributed by atoms with Crippen molar-refractivity contribution in [3.63, 3.8) is 0 Å². The third-order valence-electron chi connectivity index (χ3n) is 2.39. The maximum absolute atomic E-state index is 11.9. The van der Waals surface area contributed by atoms with Crippen molar-refractivity contribution in [2.24, 2.45) is 0 Å². The quantitative estimate of drug-likeness (QED) is 0.759. The Labute approximate surface area is 87.3 Å². The summed E-state index contributed by atoms with van der Waals surface area (Å²) in [5, 5.41) is 6.06. The summed E-state index contributed by atoms with van der Waals surface area (Å²) in [5.41, 5.74) is 0. The van der Waals surface area contributed by atoms with Crippen LogP contribution in [0.5, 0.6) is 0 Å². The van der Waals surface area contributed by atoms with E-state index in [0.29, 0.717) is 12.8 Å². The molecule has 0 aliphatic carbocycles. The lowest BCUT2D eigenvalue weighted by atomic mass is 10.1. The number of aromatic nitrogens is 2. The number of nitrogens with zero attached hydrogens (tertiary/aromatic N) is 2. The van der Waals surface area contributed by atoms with Gasteiger partial charge in [-0.1, -0.05) is 0 Å². The van der Waals surface area contributed by atoms with Gasteiger partial charge in [0.2, 0.25) is 10.0 Å². The summed E-state index contributed by atoms with van der Waals surface area (Å²) in [6.07, 6.45) is 3.21. The van der Waals surface area contributed by atoms with Gasteiger partial charge in [0.15, 0.2) is 0 Å². The summed E-state index contributed by atoms with van der Waals surface area (Å²) in [4.78, 5) is 11.1. The Kier molecular flexibility index (Phi) is 2.57. The number of carbonyl (C=O) groups excluding carboxylic acids is 1. The van der Waals surface area contributed by atoms with Gasteiger partial charge in [-0.15, -0.1) is 0 Å². The number of hydrogen-bond donors (Lipinski definition) is 1. The highest BCUT2D eigenvalue weighted by molar-refractivity contribution is 7.89. The third kappa shape index (κ3) is 1.93. The van der Waals surface area contributed by atoms with Gasteiger partial charge in [0.05, 0.1) is 6.20 Å². The Morgan fingerprint density at radius 1 is 1.33 bits per heavy atom. The van der Waals surface area contributed by atoms with Crippen LogP contribution in [0, 0.1) is 0 Å². The maximum atomic E-state index is 11.9. The second kappa shape index (κ2) is 3.74. The van der Waals surface area contributed by atoms with E-state index >= 15 is 0 Å². The summed E-state index contributed by atoms with van der Waals surface area (Å²) < 4.78 is 25.1. The first-order valence-electron chi connectivity index (χ1n) is 4.61. The van der Waals surface area contributed by atoms with Crippen LogP contribution >= 0.6 is 0 Å². The number of ketones is 1. The fourth-order valence-electron chi connectivity index (χ4n) is 1.51. The Bertz CT molecular complexity index is 441. The van der Waals surface area contributed by atoms with E-state index in [2.05, 4.69) is 10.2 Å². The van der Waals surface area contributed by atoms with Crippen molar-refractivity contribution >= 4 is 15.8 Å². The SMILES string of the molecule is O=C1CCN(S(=O)(=O)c2cn[nH]c2)CC1. The van der Waals surface area contributed by atoms with Gasteiger partial charge in [-0.25, -0.2) is 8.42 Å². The highest BCUT2D eigenvalue weighted by Crippen LogP contribution is 2.17. The molecule has 0 saturated carbocycles. The first-order valence-corrected chi connectivity index (χ1v) is 6.05. The largest absolute Gasteiger partial charge is 0.300 e. The first kappa shape index (κ1) is 10.3. The Hall–Kier alpha value is -1.21. The van der Waals surface area contributed by atoms with E-state index in [0.717, 1.165) is 0 Å². The van der Waals surface area contributed by atoms with Crippen LogP contribution in [-0.4, -0.2) is 41.8 Å². The molecule has 0 unspecified atom stereocenters. The van der Waals surface area contributed by atoms with Crippen molar-refractivity contribution in [1.29, 1.82) is 0 Å². The summed E-state index contributed by atoms with van der Waals surface area (Å²) in [7, 11) is -3.45. The average molecular weight is 229 g/mol. The lowest BCUT2D eigenvalue weighted by Gasteiger charge is -2.24. The second-order valence-corrected chi connectivity index (χ2v) is 5.31. The standard InChI is InChI=1S/C8H11N3O3S/c12-7-1-3-11(4-2-7)15(13,14)8-5-9-10-6-8/h5-6H,1-4H2,(H,9,10). The molecule has 7 heteroatoms. The normalized spacial score (nSPS) is 19.3. The summed E-state index contributed by atoms with van der Waals surface area (Å²) in [6, 6.07) is 0. The lowest BCUT2D eigenvalue weighted by molar-refractivity contribution is -0.120. The topological polar surface area (TPSA) is 83.1 Å². The van der Waals surface area contributed by atoms with Gasteiger partial charge in [0.25, 0.3) is 0 Å². The van der Waals surface area contributed by atoms with Crippen LogP contribution in [0.3, 0.4) is 0 Å². The lowest BCUT2D eigenvalue weighted by Crippen LogP contribution is -2.38. The number of sulfonamides is 1. The van der Waals surface area contributed by atoms with E-state index in [1.54, 1.807) is 0 Å². The van der Waals surface area contributed by atoms with Crippen molar-refractivity contribution in [3.8, 4) is 0 Å². The van der Waals surface area contributed by atoms with Crippen LogP contribution in [-0.2, 0) is 14.8 Å². The number of aromatic amines is 1. The van der Waals surface area contributed by atoms with Gasteiger partial charge in [-0.3, -0.25) is 9.89 Å². The fraction of sp³-hybridized carbons (Fsp3) is 0.500. The molecule has 0 bridgehead atoms. The minimum absolute atomic E-state index is 0.119. The van der Waals surface area contributed by atoms with Gasteiger partial charge in [0, 0.05) is 32.1 Å². The number of nitrogens with one attached hydrogen (secondary N) is 1. The van der Waals surface area contributed by atoms with E-state index in [-0.39, 0.29) is 23.8 Å². The smallest absolute Gasteiger partial charge is 0.246 e. The fourth-order valence-corrected chi connectivity index (χ4v) is 2.85. The molecule has 1 fully saturated rings. The molecule has 15 heavy (non-hydrogen) atoms. The summed E-state index contributed by atoms with van der Waals surface area (Å²) in [5.74, 6) is 0.119. The van der Waals surface area contributed by atoms with Crippen LogP contribution in [0.1, 0.15) is 12.8 Å². The first-order chi connectivity index (χ1) is 7.10. The van der Waals surface area contributed by atoms with E-state index < -0.39 is 10.0 Å². The number of piperidine rings is 1. The zero-order valence-corrected chi connectivity index (χ0v) is 8.83. The molecule has 1 aromatic heterocycles. The number of carbonyl (C=O) groups is 1. The van der Waals surface area contributed by atoms with Gasteiger partial charge in [-0.05, 0) is 0 Å². The van der Waals surface area contributed by atoms with Crippen LogP contribution in [0.2, 0.25) is 0 Å². The predicted molar refractivity (Wildman–Crippen MR) is 51.6 cm³/mol. The van der Waals surface area contributed by atoms with Crippen molar-refractivity contribution in [2.45, 2.75) is 17.7 Å². The number of H-pyrrole nitrogens is 1. The Balaban J connectivity index is 2.20. The van der Waals surface area contributed by atoms with E-state index in [1.165, 1.54) is 16.7 Å². The molecule has 0 spiro atoms. The van der Waals surface area contributed by atoms with Crippen LogP contribution in [0.4, 0.5) is 0 Å². The molecule has 0 aromatic carbocycles.